The van der Waals surface area contributed by atoms with Crippen molar-refractivity contribution >= 4 is 18.3 Å². The second-order valence-electron chi connectivity index (χ2n) is 5.47. The fourth-order valence-corrected chi connectivity index (χ4v) is 2.23. The van der Waals surface area contributed by atoms with Gasteiger partial charge in [0.25, 0.3) is 5.91 Å². The van der Waals surface area contributed by atoms with Gasteiger partial charge in [0, 0.05) is 12.1 Å². The Morgan fingerprint density at radius 1 is 1.48 bits per heavy atom. The van der Waals surface area contributed by atoms with Crippen molar-refractivity contribution in [3.8, 4) is 5.75 Å². The maximum absolute atomic E-state index is 12.3. The van der Waals surface area contributed by atoms with E-state index in [0.717, 1.165) is 18.6 Å². The molecule has 1 saturated carbocycles. The number of hydrogen-bond acceptors (Lipinski definition) is 3. The summed E-state index contributed by atoms with van der Waals surface area (Å²) in [5, 5.41) is 3.06. The number of nitrogens with two attached hydrogens (primary N) is 1. The lowest BCUT2D eigenvalue weighted by atomic mass is 9.95. The Morgan fingerprint density at radius 3 is 2.57 bits per heavy atom. The third-order valence-electron chi connectivity index (χ3n) is 3.79. The summed E-state index contributed by atoms with van der Waals surface area (Å²) in [6.45, 7) is 6.53. The molecule has 1 aliphatic carbocycles. The van der Waals surface area contributed by atoms with Gasteiger partial charge >= 0.3 is 0 Å². The minimum absolute atomic E-state index is 0. The molecule has 4 nitrogen and oxygen atoms in total. The fraction of sp³-hybridized carbons (Fsp3) is 0.438. The minimum Gasteiger partial charge on any atom is -0.490 e. The van der Waals surface area contributed by atoms with Crippen molar-refractivity contribution in [1.29, 1.82) is 0 Å². The summed E-state index contributed by atoms with van der Waals surface area (Å²) in [6.07, 6.45) is 3.97. The van der Waals surface area contributed by atoms with E-state index >= 15 is 0 Å². The summed E-state index contributed by atoms with van der Waals surface area (Å²) >= 11 is 0. The number of carbonyl (C=O) groups excluding carboxylic acids is 1. The summed E-state index contributed by atoms with van der Waals surface area (Å²) < 4.78 is 5.39. The molecule has 0 spiro atoms. The lowest BCUT2D eigenvalue weighted by molar-refractivity contribution is 0.0898. The number of amides is 1. The summed E-state index contributed by atoms with van der Waals surface area (Å²) in [4.78, 5) is 12.3. The first kappa shape index (κ1) is 17.5. The van der Waals surface area contributed by atoms with Gasteiger partial charge in [-0.3, -0.25) is 4.79 Å². The zero-order valence-corrected chi connectivity index (χ0v) is 13.1. The van der Waals surface area contributed by atoms with E-state index in [1.54, 1.807) is 30.3 Å². The van der Waals surface area contributed by atoms with Gasteiger partial charge in [-0.2, -0.15) is 0 Å². The van der Waals surface area contributed by atoms with E-state index < -0.39 is 0 Å². The van der Waals surface area contributed by atoms with Crippen molar-refractivity contribution in [3.63, 3.8) is 0 Å². The molecule has 5 heteroatoms. The van der Waals surface area contributed by atoms with E-state index in [-0.39, 0.29) is 23.9 Å². The highest BCUT2D eigenvalue weighted by Crippen LogP contribution is 2.39. The Kier molecular flexibility index (Phi) is 6.24. The van der Waals surface area contributed by atoms with Crippen molar-refractivity contribution in [2.24, 2.45) is 11.7 Å². The summed E-state index contributed by atoms with van der Waals surface area (Å²) in [6, 6.07) is 7.10. The van der Waals surface area contributed by atoms with Crippen LogP contribution < -0.4 is 15.8 Å². The first-order chi connectivity index (χ1) is 9.59. The molecule has 1 amide bonds. The lowest BCUT2D eigenvalue weighted by Gasteiger charge is -2.29. The van der Waals surface area contributed by atoms with Crippen LogP contribution in [0.4, 0.5) is 0 Å². The number of ether oxygens (including phenoxy) is 1. The molecule has 0 saturated heterocycles. The molecule has 1 aromatic rings. The molecular weight excluding hydrogens is 288 g/mol. The first-order valence-electron chi connectivity index (χ1n) is 6.95. The molecule has 2 rings (SSSR count). The standard InChI is InChI=1S/C16H22N2O2.ClH/c1-3-10-20-14-8-4-12(5-9-14)15(19)18-16(2,11-17)13-6-7-13;/h3-5,8-9,13H,1,6-7,10-11,17H2,2H3,(H,18,19);1H. The Morgan fingerprint density at radius 2 is 2.10 bits per heavy atom. The van der Waals surface area contributed by atoms with Gasteiger partial charge in [-0.05, 0) is 49.9 Å². The summed E-state index contributed by atoms with van der Waals surface area (Å²) in [5.74, 6) is 1.15. The molecule has 1 fully saturated rings. The quantitative estimate of drug-likeness (QED) is 0.761. The third kappa shape index (κ3) is 4.48. The second kappa shape index (κ2) is 7.48. The molecule has 1 aliphatic rings. The molecule has 1 atom stereocenters. The highest BCUT2D eigenvalue weighted by molar-refractivity contribution is 5.94. The van der Waals surface area contributed by atoms with Crippen LogP contribution in [0.3, 0.4) is 0 Å². The number of halogens is 1. The van der Waals surface area contributed by atoms with Gasteiger partial charge in [-0.15, -0.1) is 12.4 Å². The maximum atomic E-state index is 12.3. The molecule has 0 aliphatic heterocycles. The molecule has 1 unspecified atom stereocenters. The predicted octanol–water partition coefficient (Wildman–Crippen LogP) is 2.53. The van der Waals surface area contributed by atoms with E-state index in [2.05, 4.69) is 11.9 Å². The summed E-state index contributed by atoms with van der Waals surface area (Å²) in [5.41, 5.74) is 6.13. The van der Waals surface area contributed by atoms with E-state index in [1.807, 2.05) is 6.92 Å². The number of hydrogen-bond donors (Lipinski definition) is 2. The number of carbonyl (C=O) groups is 1. The first-order valence-corrected chi connectivity index (χ1v) is 6.95. The maximum Gasteiger partial charge on any atom is 0.251 e. The topological polar surface area (TPSA) is 64.3 Å². The van der Waals surface area contributed by atoms with Crippen LogP contribution in [0.1, 0.15) is 30.1 Å². The van der Waals surface area contributed by atoms with E-state index in [4.69, 9.17) is 10.5 Å². The van der Waals surface area contributed by atoms with Crippen molar-refractivity contribution in [3.05, 3.63) is 42.5 Å². The minimum atomic E-state index is -0.297. The lowest BCUT2D eigenvalue weighted by Crippen LogP contribution is -2.53. The van der Waals surface area contributed by atoms with Gasteiger partial charge in [0.15, 0.2) is 0 Å². The van der Waals surface area contributed by atoms with Crippen LogP contribution in [0.25, 0.3) is 0 Å². The van der Waals surface area contributed by atoms with Gasteiger partial charge in [0.1, 0.15) is 12.4 Å². The van der Waals surface area contributed by atoms with Gasteiger partial charge in [0.05, 0.1) is 5.54 Å². The SMILES string of the molecule is C=CCOc1ccc(C(=O)NC(C)(CN)C2CC2)cc1.Cl. The van der Waals surface area contributed by atoms with Crippen LogP contribution >= 0.6 is 12.4 Å². The molecule has 1 aromatic carbocycles. The van der Waals surface area contributed by atoms with Crippen molar-refractivity contribution < 1.29 is 9.53 Å². The van der Waals surface area contributed by atoms with E-state index in [1.165, 1.54) is 0 Å². The molecule has 3 N–H and O–H groups in total. The van der Waals surface area contributed by atoms with Crippen LogP contribution in [-0.4, -0.2) is 24.6 Å². The Balaban J connectivity index is 0.00000220. The molecule has 0 aromatic heterocycles. The molecule has 0 radical (unpaired) electrons. The molecular formula is C16H23ClN2O2. The van der Waals surface area contributed by atoms with Crippen LogP contribution in [-0.2, 0) is 0 Å². The zero-order valence-electron chi connectivity index (χ0n) is 12.3. The number of nitrogens with one attached hydrogen (secondary N) is 1. The smallest absolute Gasteiger partial charge is 0.251 e. The average Bonchev–Trinajstić information content (AvgIpc) is 3.30. The molecule has 0 bridgehead atoms. The zero-order chi connectivity index (χ0) is 14.6. The molecule has 21 heavy (non-hydrogen) atoms. The van der Waals surface area contributed by atoms with E-state index in [9.17, 15) is 4.79 Å². The number of rotatable bonds is 7. The van der Waals surface area contributed by atoms with Gasteiger partial charge in [-0.1, -0.05) is 12.7 Å². The number of benzene rings is 1. The van der Waals surface area contributed by atoms with Crippen LogP contribution in [0.2, 0.25) is 0 Å². The van der Waals surface area contributed by atoms with Crippen LogP contribution in [0.15, 0.2) is 36.9 Å². The van der Waals surface area contributed by atoms with Gasteiger partial charge < -0.3 is 15.8 Å². The Hall–Kier alpha value is -1.52. The molecule has 116 valence electrons. The Bertz CT molecular complexity index is 486. The van der Waals surface area contributed by atoms with Crippen molar-refractivity contribution in [2.45, 2.75) is 25.3 Å². The predicted molar refractivity (Wildman–Crippen MR) is 87.0 cm³/mol. The van der Waals surface area contributed by atoms with Gasteiger partial charge in [-0.25, -0.2) is 0 Å². The van der Waals surface area contributed by atoms with Crippen molar-refractivity contribution in [1.82, 2.24) is 5.32 Å². The molecule has 0 heterocycles. The van der Waals surface area contributed by atoms with Crippen LogP contribution in [0, 0.1) is 5.92 Å². The van der Waals surface area contributed by atoms with E-state index in [0.29, 0.717) is 24.6 Å². The van der Waals surface area contributed by atoms with Crippen molar-refractivity contribution in [2.75, 3.05) is 13.2 Å². The highest BCUT2D eigenvalue weighted by atomic mass is 35.5. The van der Waals surface area contributed by atoms with Gasteiger partial charge in [0.2, 0.25) is 0 Å². The third-order valence-corrected chi connectivity index (χ3v) is 3.79. The average molecular weight is 311 g/mol. The monoisotopic (exact) mass is 310 g/mol. The fourth-order valence-electron chi connectivity index (χ4n) is 2.23. The largest absolute Gasteiger partial charge is 0.490 e. The normalized spacial score (nSPS) is 16.3. The second-order valence-corrected chi connectivity index (χ2v) is 5.47. The van der Waals surface area contributed by atoms with Crippen LogP contribution in [0.5, 0.6) is 5.75 Å². The summed E-state index contributed by atoms with van der Waals surface area (Å²) in [7, 11) is 0. The highest BCUT2D eigenvalue weighted by Gasteiger charge is 2.41. The Labute approximate surface area is 132 Å².